The smallest absolute Gasteiger partial charge is 0.228 e. The van der Waals surface area contributed by atoms with Gasteiger partial charge in [0.1, 0.15) is 6.10 Å². The number of hydrogen-bond acceptors (Lipinski definition) is 6. The van der Waals surface area contributed by atoms with Crippen molar-refractivity contribution in [1.29, 1.82) is 0 Å². The third-order valence-corrected chi connectivity index (χ3v) is 3.37. The van der Waals surface area contributed by atoms with Crippen LogP contribution in [0.1, 0.15) is 38.6 Å². The summed E-state index contributed by atoms with van der Waals surface area (Å²) < 4.78 is 11.0. The van der Waals surface area contributed by atoms with Gasteiger partial charge in [0.05, 0.1) is 6.61 Å². The maximum absolute atomic E-state index is 5.74. The van der Waals surface area contributed by atoms with Crippen molar-refractivity contribution < 1.29 is 9.26 Å². The Morgan fingerprint density at radius 1 is 1.47 bits per heavy atom. The number of aromatic nitrogens is 2. The van der Waals surface area contributed by atoms with Gasteiger partial charge in [-0.3, -0.25) is 4.90 Å². The lowest BCUT2D eigenvalue weighted by atomic mass is 10.2. The lowest BCUT2D eigenvalue weighted by molar-refractivity contribution is -0.0450. The van der Waals surface area contributed by atoms with Crippen molar-refractivity contribution in [1.82, 2.24) is 20.4 Å². The molecule has 1 unspecified atom stereocenters. The van der Waals surface area contributed by atoms with Crippen LogP contribution in [0.15, 0.2) is 4.52 Å². The SMILES string of the molecule is CCNCCc1nc(C2CN(C(C)C)CCO2)no1. The third-order valence-electron chi connectivity index (χ3n) is 3.37. The minimum Gasteiger partial charge on any atom is -0.367 e. The monoisotopic (exact) mass is 268 g/mol. The average molecular weight is 268 g/mol. The zero-order valence-electron chi connectivity index (χ0n) is 12.1. The van der Waals surface area contributed by atoms with Crippen molar-refractivity contribution in [3.63, 3.8) is 0 Å². The molecule has 1 saturated heterocycles. The number of nitrogens with one attached hydrogen (secondary N) is 1. The van der Waals surface area contributed by atoms with E-state index in [4.69, 9.17) is 9.26 Å². The number of nitrogens with zero attached hydrogens (tertiary/aromatic N) is 3. The van der Waals surface area contributed by atoms with Gasteiger partial charge in [0.15, 0.2) is 0 Å². The summed E-state index contributed by atoms with van der Waals surface area (Å²) in [5, 5.41) is 7.29. The predicted octanol–water partition coefficient (Wildman–Crippen LogP) is 1.00. The molecule has 6 heteroatoms. The summed E-state index contributed by atoms with van der Waals surface area (Å²) in [6, 6.07) is 0.520. The van der Waals surface area contributed by atoms with Crippen molar-refractivity contribution in [2.75, 3.05) is 32.8 Å². The molecule has 0 aliphatic carbocycles. The van der Waals surface area contributed by atoms with Crippen molar-refractivity contribution in [3.05, 3.63) is 11.7 Å². The summed E-state index contributed by atoms with van der Waals surface area (Å²) in [5.41, 5.74) is 0. The standard InChI is InChI=1S/C13H24N4O2/c1-4-14-6-5-12-15-13(16-19-12)11-9-17(10(2)3)7-8-18-11/h10-11,14H,4-9H2,1-3H3. The van der Waals surface area contributed by atoms with Crippen molar-refractivity contribution >= 4 is 0 Å². The lowest BCUT2D eigenvalue weighted by Crippen LogP contribution is -2.42. The van der Waals surface area contributed by atoms with Gasteiger partial charge in [-0.15, -0.1) is 0 Å². The molecule has 2 heterocycles. The molecule has 1 aliphatic heterocycles. The van der Waals surface area contributed by atoms with E-state index < -0.39 is 0 Å². The highest BCUT2D eigenvalue weighted by molar-refractivity contribution is 4.94. The predicted molar refractivity (Wildman–Crippen MR) is 71.9 cm³/mol. The molecule has 6 nitrogen and oxygen atoms in total. The molecule has 0 aromatic carbocycles. The van der Waals surface area contributed by atoms with E-state index in [-0.39, 0.29) is 6.10 Å². The number of likely N-dealkylation sites (N-methyl/N-ethyl adjacent to an activating group) is 1. The summed E-state index contributed by atoms with van der Waals surface area (Å²) in [6.45, 7) is 10.8. The normalized spacial score (nSPS) is 21.2. The van der Waals surface area contributed by atoms with Crippen LogP contribution in [0.3, 0.4) is 0 Å². The molecular weight excluding hydrogens is 244 g/mol. The van der Waals surface area contributed by atoms with Gasteiger partial charge in [0.25, 0.3) is 0 Å². The van der Waals surface area contributed by atoms with Crippen molar-refractivity contribution in [2.45, 2.75) is 39.3 Å². The minimum absolute atomic E-state index is 0.0622. The van der Waals surface area contributed by atoms with Gasteiger partial charge in [-0.1, -0.05) is 12.1 Å². The van der Waals surface area contributed by atoms with Crippen molar-refractivity contribution in [2.24, 2.45) is 0 Å². The summed E-state index contributed by atoms with van der Waals surface area (Å²) >= 11 is 0. The Morgan fingerprint density at radius 2 is 2.32 bits per heavy atom. The largest absolute Gasteiger partial charge is 0.367 e. The number of hydrogen-bond donors (Lipinski definition) is 1. The average Bonchev–Trinajstić information content (AvgIpc) is 2.88. The molecule has 0 amide bonds. The molecule has 2 rings (SSSR count). The van der Waals surface area contributed by atoms with Gasteiger partial charge in [-0.05, 0) is 20.4 Å². The molecule has 0 spiro atoms. The van der Waals surface area contributed by atoms with Gasteiger partial charge in [0.2, 0.25) is 11.7 Å². The van der Waals surface area contributed by atoms with E-state index in [9.17, 15) is 0 Å². The van der Waals surface area contributed by atoms with E-state index >= 15 is 0 Å². The molecule has 108 valence electrons. The Bertz CT molecular complexity index is 380. The van der Waals surface area contributed by atoms with E-state index in [0.717, 1.165) is 39.2 Å². The molecule has 0 bridgehead atoms. The quantitative estimate of drug-likeness (QED) is 0.777. The van der Waals surface area contributed by atoms with E-state index in [1.807, 2.05) is 0 Å². The second kappa shape index (κ2) is 6.98. The van der Waals surface area contributed by atoms with Crippen LogP contribution in [0.5, 0.6) is 0 Å². The maximum Gasteiger partial charge on any atom is 0.228 e. The molecule has 1 atom stereocenters. The summed E-state index contributed by atoms with van der Waals surface area (Å²) in [7, 11) is 0. The van der Waals surface area contributed by atoms with Gasteiger partial charge in [-0.2, -0.15) is 4.98 Å². The van der Waals surface area contributed by atoms with Gasteiger partial charge >= 0.3 is 0 Å². The summed E-state index contributed by atoms with van der Waals surface area (Å²) in [6.07, 6.45) is 0.703. The van der Waals surface area contributed by atoms with Crippen LogP contribution in [0.4, 0.5) is 0 Å². The van der Waals surface area contributed by atoms with Gasteiger partial charge in [-0.25, -0.2) is 0 Å². The summed E-state index contributed by atoms with van der Waals surface area (Å²) in [5.74, 6) is 1.36. The topological polar surface area (TPSA) is 63.4 Å². The van der Waals surface area contributed by atoms with Crippen LogP contribution < -0.4 is 5.32 Å². The molecule has 0 radical (unpaired) electrons. The number of rotatable bonds is 6. The van der Waals surface area contributed by atoms with Gasteiger partial charge < -0.3 is 14.6 Å². The number of morpholine rings is 1. The van der Waals surface area contributed by atoms with Crippen LogP contribution in [-0.2, 0) is 11.2 Å². The van der Waals surface area contributed by atoms with E-state index in [2.05, 4.69) is 41.1 Å². The molecule has 1 aromatic heterocycles. The first-order chi connectivity index (χ1) is 9.20. The first-order valence-electron chi connectivity index (χ1n) is 7.09. The van der Waals surface area contributed by atoms with E-state index in [1.165, 1.54) is 0 Å². The summed E-state index contributed by atoms with van der Waals surface area (Å²) in [4.78, 5) is 6.81. The van der Waals surface area contributed by atoms with Crippen LogP contribution in [-0.4, -0.2) is 53.9 Å². The Balaban J connectivity index is 1.90. The van der Waals surface area contributed by atoms with Crippen LogP contribution >= 0.6 is 0 Å². The Labute approximate surface area is 114 Å². The fourth-order valence-electron chi connectivity index (χ4n) is 2.17. The Kier molecular flexibility index (Phi) is 5.30. The molecule has 1 aromatic rings. The fraction of sp³-hybridized carbons (Fsp3) is 0.846. The molecule has 1 N–H and O–H groups in total. The zero-order chi connectivity index (χ0) is 13.7. The second-order valence-electron chi connectivity index (χ2n) is 5.10. The van der Waals surface area contributed by atoms with Gasteiger partial charge in [0, 0.05) is 32.1 Å². The minimum atomic E-state index is -0.0622. The second-order valence-corrected chi connectivity index (χ2v) is 5.10. The highest BCUT2D eigenvalue weighted by Gasteiger charge is 2.27. The number of ether oxygens (including phenoxy) is 1. The van der Waals surface area contributed by atoms with E-state index in [1.54, 1.807) is 0 Å². The van der Waals surface area contributed by atoms with Crippen molar-refractivity contribution in [3.8, 4) is 0 Å². The molecular formula is C13H24N4O2. The Morgan fingerprint density at radius 3 is 3.05 bits per heavy atom. The zero-order valence-corrected chi connectivity index (χ0v) is 12.1. The van der Waals surface area contributed by atoms with Crippen LogP contribution in [0.2, 0.25) is 0 Å². The molecule has 19 heavy (non-hydrogen) atoms. The van der Waals surface area contributed by atoms with Crippen LogP contribution in [0, 0.1) is 0 Å². The lowest BCUT2D eigenvalue weighted by Gasteiger charge is -2.34. The molecule has 1 aliphatic rings. The third kappa shape index (κ3) is 3.99. The maximum atomic E-state index is 5.74. The first kappa shape index (κ1) is 14.4. The highest BCUT2D eigenvalue weighted by atomic mass is 16.5. The molecule has 0 saturated carbocycles. The Hall–Kier alpha value is -0.980. The highest BCUT2D eigenvalue weighted by Crippen LogP contribution is 2.21. The van der Waals surface area contributed by atoms with Crippen LogP contribution in [0.25, 0.3) is 0 Å². The molecule has 1 fully saturated rings. The fourth-order valence-corrected chi connectivity index (χ4v) is 2.17. The van der Waals surface area contributed by atoms with E-state index in [0.29, 0.717) is 17.8 Å². The first-order valence-corrected chi connectivity index (χ1v) is 7.09.